The Balaban J connectivity index is 0. The fourth-order valence-corrected chi connectivity index (χ4v) is 0.215. The van der Waals surface area contributed by atoms with Crippen molar-refractivity contribution in [1.29, 1.82) is 0 Å². The first-order valence-corrected chi connectivity index (χ1v) is 2.17. The quantitative estimate of drug-likeness (QED) is 0.283. The Morgan fingerprint density at radius 3 is 2.62 bits per heavy atom. The van der Waals surface area contributed by atoms with Gasteiger partial charge in [0.1, 0.15) is 0 Å². The molecular weight excluding hydrogens is 121 g/mol. The molecule has 2 N–H and O–H groups in total. The molecule has 0 aliphatic carbocycles. The van der Waals surface area contributed by atoms with Crippen molar-refractivity contribution in [3.05, 3.63) is 0 Å². The zero-order chi connectivity index (χ0) is 5.54. The Morgan fingerprint density at radius 2 is 2.25 bits per heavy atom. The smallest absolute Gasteiger partial charge is 0.293 e. The summed E-state index contributed by atoms with van der Waals surface area (Å²) < 4.78 is 4.31. The third kappa shape index (κ3) is 9.35. The van der Waals surface area contributed by atoms with Gasteiger partial charge in [0.2, 0.25) is 0 Å². The first-order chi connectivity index (χ1) is 3.41. The fourth-order valence-electron chi connectivity index (χ4n) is 0.215. The summed E-state index contributed by atoms with van der Waals surface area (Å²) in [4.78, 5) is 9.42. The Labute approximate surface area is 59.3 Å². The maximum Gasteiger partial charge on any atom is 0.293 e. The lowest BCUT2D eigenvalue weighted by atomic mass is 10.5. The molecule has 0 spiro atoms. The largest absolute Gasteiger partial charge is 0.468 e. The Morgan fingerprint density at radius 1 is 1.62 bits per heavy atom. The van der Waals surface area contributed by atoms with Crippen LogP contribution in [0.15, 0.2) is 0 Å². The summed E-state index contributed by atoms with van der Waals surface area (Å²) in [5, 5.41) is 0. The predicted molar refractivity (Wildman–Crippen MR) is 35.6 cm³/mol. The molecule has 0 unspecified atom stereocenters. The van der Waals surface area contributed by atoms with Crippen molar-refractivity contribution in [1.82, 2.24) is 0 Å². The lowest BCUT2D eigenvalue weighted by molar-refractivity contribution is -0.128. The maximum atomic E-state index is 9.42. The lowest BCUT2D eigenvalue weighted by Crippen LogP contribution is -2.02. The average Bonchev–Trinajstić information content (AvgIpc) is 1.69. The molecule has 0 aromatic rings. The van der Waals surface area contributed by atoms with Crippen molar-refractivity contribution in [2.24, 2.45) is 5.73 Å². The van der Waals surface area contributed by atoms with Crippen molar-refractivity contribution in [2.45, 2.75) is 6.42 Å². The van der Waals surface area contributed by atoms with Gasteiger partial charge in [-0.1, -0.05) is 0 Å². The predicted octanol–water partition coefficient (Wildman–Crippen LogP) is -1.68. The van der Waals surface area contributed by atoms with E-state index in [9.17, 15) is 4.79 Å². The number of carbonyl (C=O) groups excluding carboxylic acids is 1. The fraction of sp³-hybridized carbons (Fsp3) is 0.750. The van der Waals surface area contributed by atoms with Crippen LogP contribution >= 0.6 is 0 Å². The topological polar surface area (TPSA) is 52.3 Å². The number of hydrogen-bond acceptors (Lipinski definition) is 3. The zero-order valence-electron chi connectivity index (χ0n) is 4.09. The van der Waals surface area contributed by atoms with Gasteiger partial charge in [0.15, 0.2) is 17.4 Å². The van der Waals surface area contributed by atoms with Gasteiger partial charge in [0.25, 0.3) is 6.47 Å². The van der Waals surface area contributed by atoms with E-state index in [0.29, 0.717) is 19.6 Å². The summed E-state index contributed by atoms with van der Waals surface area (Å²) in [5.74, 6) is 0. The molecule has 0 aliphatic heterocycles. The third-order valence-corrected chi connectivity index (χ3v) is 0.534. The molecule has 0 saturated heterocycles. The molecular formula is C4H12AlNO2. The standard InChI is InChI=1S/C4H9NO2.Al.3H/c5-2-1-3-7-4-6;;;;/h4H,1-3,5H2;;;;. The van der Waals surface area contributed by atoms with Gasteiger partial charge >= 0.3 is 0 Å². The molecule has 0 radical (unpaired) electrons. The van der Waals surface area contributed by atoms with Gasteiger partial charge in [0, 0.05) is 0 Å². The first kappa shape index (κ1) is 10.9. The maximum absolute atomic E-state index is 9.42. The van der Waals surface area contributed by atoms with E-state index in [0.717, 1.165) is 6.42 Å². The molecule has 0 atom stereocenters. The molecule has 0 amide bonds. The molecule has 0 aromatic heterocycles. The van der Waals surface area contributed by atoms with E-state index in [1.165, 1.54) is 0 Å². The van der Waals surface area contributed by atoms with Crippen LogP contribution in [-0.2, 0) is 9.53 Å². The number of rotatable bonds is 4. The van der Waals surface area contributed by atoms with E-state index in [-0.39, 0.29) is 17.4 Å². The summed E-state index contributed by atoms with van der Waals surface area (Å²) in [6.45, 7) is 1.45. The third-order valence-electron chi connectivity index (χ3n) is 0.534. The van der Waals surface area contributed by atoms with Crippen molar-refractivity contribution in [3.8, 4) is 0 Å². The second-order valence-corrected chi connectivity index (χ2v) is 1.11. The molecule has 48 valence electrons. The Kier molecular flexibility index (Phi) is 13.6. The summed E-state index contributed by atoms with van der Waals surface area (Å²) in [7, 11) is 0. The van der Waals surface area contributed by atoms with E-state index in [2.05, 4.69) is 4.74 Å². The summed E-state index contributed by atoms with van der Waals surface area (Å²) in [6.07, 6.45) is 0.749. The van der Waals surface area contributed by atoms with Crippen molar-refractivity contribution in [3.63, 3.8) is 0 Å². The highest BCUT2D eigenvalue weighted by Crippen LogP contribution is 1.72. The molecule has 0 heterocycles. The molecule has 4 heteroatoms. The minimum atomic E-state index is 0. The zero-order valence-corrected chi connectivity index (χ0v) is 4.09. The summed E-state index contributed by atoms with van der Waals surface area (Å²) in [5.41, 5.74) is 5.07. The Hall–Kier alpha value is -0.0375. The highest BCUT2D eigenvalue weighted by molar-refractivity contribution is 5.75. The normalized spacial score (nSPS) is 7.12. The molecule has 0 bridgehead atoms. The first-order valence-electron chi connectivity index (χ1n) is 2.17. The van der Waals surface area contributed by atoms with Gasteiger partial charge in [0.05, 0.1) is 6.61 Å². The monoisotopic (exact) mass is 133 g/mol. The number of nitrogens with two attached hydrogens (primary N) is 1. The van der Waals surface area contributed by atoms with Crippen LogP contribution in [0.4, 0.5) is 0 Å². The average molecular weight is 133 g/mol. The van der Waals surface area contributed by atoms with Crippen LogP contribution in [-0.4, -0.2) is 37.0 Å². The van der Waals surface area contributed by atoms with Gasteiger partial charge in [-0.2, -0.15) is 0 Å². The second-order valence-electron chi connectivity index (χ2n) is 1.11. The molecule has 0 aromatic carbocycles. The van der Waals surface area contributed by atoms with Gasteiger partial charge < -0.3 is 10.5 Å². The lowest BCUT2D eigenvalue weighted by Gasteiger charge is -1.91. The van der Waals surface area contributed by atoms with Crippen LogP contribution in [0.5, 0.6) is 0 Å². The molecule has 0 aliphatic rings. The number of ether oxygens (including phenoxy) is 1. The van der Waals surface area contributed by atoms with Crippen molar-refractivity contribution < 1.29 is 9.53 Å². The minimum Gasteiger partial charge on any atom is -0.468 e. The minimum absolute atomic E-state index is 0. The van der Waals surface area contributed by atoms with Crippen LogP contribution in [0.1, 0.15) is 6.42 Å². The molecule has 0 rings (SSSR count). The van der Waals surface area contributed by atoms with E-state index in [4.69, 9.17) is 5.73 Å². The van der Waals surface area contributed by atoms with E-state index < -0.39 is 0 Å². The van der Waals surface area contributed by atoms with E-state index >= 15 is 0 Å². The van der Waals surface area contributed by atoms with Crippen molar-refractivity contribution >= 4 is 23.8 Å². The highest BCUT2D eigenvalue weighted by atomic mass is 27.0. The number of carbonyl (C=O) groups is 1. The van der Waals surface area contributed by atoms with Crippen LogP contribution in [0.3, 0.4) is 0 Å². The van der Waals surface area contributed by atoms with Gasteiger partial charge in [-0.05, 0) is 13.0 Å². The van der Waals surface area contributed by atoms with Gasteiger partial charge in [-0.25, -0.2) is 0 Å². The second kappa shape index (κ2) is 10.1. The van der Waals surface area contributed by atoms with E-state index in [1.807, 2.05) is 0 Å². The molecule has 0 saturated carbocycles. The van der Waals surface area contributed by atoms with Gasteiger partial charge in [-0.15, -0.1) is 0 Å². The van der Waals surface area contributed by atoms with Crippen LogP contribution in [0, 0.1) is 0 Å². The number of hydrogen-bond donors (Lipinski definition) is 1. The molecule has 3 nitrogen and oxygen atoms in total. The molecule has 8 heavy (non-hydrogen) atoms. The van der Waals surface area contributed by atoms with Crippen LogP contribution in [0.2, 0.25) is 0 Å². The molecule has 0 fully saturated rings. The van der Waals surface area contributed by atoms with Crippen molar-refractivity contribution in [2.75, 3.05) is 13.2 Å². The van der Waals surface area contributed by atoms with Crippen LogP contribution in [0.25, 0.3) is 0 Å². The SMILES string of the molecule is NCCCOC=O.[AlH3]. The van der Waals surface area contributed by atoms with Gasteiger partial charge in [-0.3, -0.25) is 4.79 Å². The Bertz CT molecular complexity index is 51.3. The summed E-state index contributed by atoms with van der Waals surface area (Å²) >= 11 is 0. The van der Waals surface area contributed by atoms with E-state index in [1.54, 1.807) is 0 Å². The summed E-state index contributed by atoms with van der Waals surface area (Å²) in [6, 6.07) is 0. The highest BCUT2D eigenvalue weighted by Gasteiger charge is 1.78. The van der Waals surface area contributed by atoms with Crippen LogP contribution < -0.4 is 5.73 Å².